The SMILES string of the molecule is [2H]OC(=O)C(Cl)=C([2H])[2H]. The van der Waals surface area contributed by atoms with Gasteiger partial charge in [0.05, 0.1) is 2.74 Å². The van der Waals surface area contributed by atoms with E-state index >= 15 is 0 Å². The fraction of sp³-hybridized carbons (Fsp3) is 0. The van der Waals surface area contributed by atoms with Crippen LogP contribution in [0.2, 0.25) is 0 Å². The van der Waals surface area contributed by atoms with E-state index in [4.69, 9.17) is 15.8 Å². The van der Waals surface area contributed by atoms with Gasteiger partial charge in [-0.15, -0.1) is 0 Å². The fourth-order valence-corrected chi connectivity index (χ4v) is 0. The summed E-state index contributed by atoms with van der Waals surface area (Å²) >= 11 is 4.98. The molecule has 0 aliphatic heterocycles. The second kappa shape index (κ2) is 1.82. The lowest BCUT2D eigenvalue weighted by Gasteiger charge is -1.76. The molecule has 0 unspecified atom stereocenters. The first kappa shape index (κ1) is 1.98. The Morgan fingerprint density at radius 2 is 3.00 bits per heavy atom. The molecule has 0 saturated carbocycles. The van der Waals surface area contributed by atoms with Crippen molar-refractivity contribution in [2.24, 2.45) is 0 Å². The van der Waals surface area contributed by atoms with Crippen LogP contribution in [0.5, 0.6) is 0 Å². The molecule has 0 radical (unpaired) electrons. The lowest BCUT2D eigenvalue weighted by Crippen LogP contribution is -1.89. The molecule has 0 heterocycles. The smallest absolute Gasteiger partial charge is 0.346 e. The van der Waals surface area contributed by atoms with Crippen LogP contribution in [0, 0.1) is 0 Å². The molecule has 0 aliphatic carbocycles. The molecule has 0 bridgehead atoms. The molecule has 3 heteroatoms. The van der Waals surface area contributed by atoms with E-state index in [1.165, 1.54) is 0 Å². The Bertz CT molecular complexity index is 151. The van der Waals surface area contributed by atoms with Crippen LogP contribution in [0.1, 0.15) is 2.74 Å². The van der Waals surface area contributed by atoms with Crippen LogP contribution >= 0.6 is 11.6 Å². The number of carbonyl (C=O) groups is 1. The molecular formula is C3H3ClO2. The number of carboxylic acid groups (broad SMARTS) is 1. The van der Waals surface area contributed by atoms with Gasteiger partial charge in [0.15, 0.2) is 0 Å². The van der Waals surface area contributed by atoms with Gasteiger partial charge in [0.1, 0.15) is 5.03 Å². The first-order valence-corrected chi connectivity index (χ1v) is 1.48. The first-order chi connectivity index (χ1) is 4.09. The number of rotatable bonds is 1. The molecule has 0 fully saturated rings. The van der Waals surface area contributed by atoms with E-state index < -0.39 is 17.5 Å². The summed E-state index contributed by atoms with van der Waals surface area (Å²) in [6.07, 6.45) is 0. The maximum absolute atomic E-state index is 10.1. The predicted octanol–water partition coefficient (Wildman–Crippen LogP) is 0.824. The second-order valence-electron chi connectivity index (χ2n) is 0.601. The summed E-state index contributed by atoms with van der Waals surface area (Å²) in [4.78, 5) is 10.1. The Kier molecular flexibility index (Phi) is 0.601. The number of hydrogen-bond acceptors (Lipinski definition) is 2. The number of halogens is 1. The molecule has 0 aliphatic rings. The molecule has 0 atom stereocenters. The van der Waals surface area contributed by atoms with E-state index in [0.29, 0.717) is 0 Å². The van der Waals surface area contributed by atoms with Crippen molar-refractivity contribution in [1.29, 1.82) is 1.43 Å². The molecular weight excluding hydrogens is 103 g/mol. The van der Waals surface area contributed by atoms with Crippen LogP contribution in [0.15, 0.2) is 11.6 Å². The highest BCUT2D eigenvalue weighted by Gasteiger charge is 1.93. The molecule has 0 amide bonds. The van der Waals surface area contributed by atoms with E-state index in [-0.39, 0.29) is 0 Å². The average Bonchev–Trinajstić information content (AvgIpc) is 1.84. The number of hydrogen-bond donors (Lipinski definition) is 1. The summed E-state index contributed by atoms with van der Waals surface area (Å²) in [5, 5.41) is 2.66. The summed E-state index contributed by atoms with van der Waals surface area (Å²) in [5.41, 5.74) is 0. The first-order valence-electron chi connectivity index (χ1n) is 2.51. The summed E-state index contributed by atoms with van der Waals surface area (Å²) in [6, 6.07) is 0. The molecule has 2 nitrogen and oxygen atoms in total. The Morgan fingerprint density at radius 3 is 3.17 bits per heavy atom. The third-order valence-corrected chi connectivity index (χ3v) is 0.334. The average molecular weight is 110 g/mol. The van der Waals surface area contributed by atoms with Crippen LogP contribution in [0.3, 0.4) is 0 Å². The third kappa shape index (κ3) is 1.79. The van der Waals surface area contributed by atoms with Gasteiger partial charge in [-0.25, -0.2) is 4.79 Å². The van der Waals surface area contributed by atoms with Gasteiger partial charge in [-0.3, -0.25) is 0 Å². The summed E-state index contributed by atoms with van der Waals surface area (Å²) < 4.78 is 18.9. The van der Waals surface area contributed by atoms with Gasteiger partial charge in [0.25, 0.3) is 1.43 Å². The molecule has 0 saturated heterocycles. The summed E-state index contributed by atoms with van der Waals surface area (Å²) in [6.45, 7) is -0.853. The topological polar surface area (TPSA) is 37.3 Å². The predicted molar refractivity (Wildman–Crippen MR) is 22.6 cm³/mol. The zero-order chi connectivity index (χ0) is 7.44. The molecule has 0 aromatic heterocycles. The standard InChI is InChI=1S/C3H3ClO2/c1-2(4)3(5)6/h1H2,(H,5,6)/i1D2/hD. The highest BCUT2D eigenvalue weighted by Crippen LogP contribution is 1.92. The number of aliphatic carboxylic acids is 1. The van der Waals surface area contributed by atoms with E-state index in [2.05, 4.69) is 5.11 Å². The van der Waals surface area contributed by atoms with Gasteiger partial charge >= 0.3 is 5.97 Å². The van der Waals surface area contributed by atoms with E-state index in [1.54, 1.807) is 0 Å². The maximum atomic E-state index is 10.1. The van der Waals surface area contributed by atoms with Crippen LogP contribution in [0.4, 0.5) is 0 Å². The number of carboxylic acids is 1. The molecule has 0 spiro atoms. The quantitative estimate of drug-likeness (QED) is 0.507. The monoisotopic (exact) mass is 109 g/mol. The van der Waals surface area contributed by atoms with E-state index in [1.807, 2.05) is 0 Å². The van der Waals surface area contributed by atoms with Gasteiger partial charge in [-0.05, 0) is 0 Å². The van der Waals surface area contributed by atoms with Gasteiger partial charge in [0, 0.05) is 0 Å². The largest absolute Gasteiger partial charge is 0.477 e. The zero-order valence-electron chi connectivity index (χ0n) is 5.69. The Hall–Kier alpha value is -0.500. The minimum atomic E-state index is -1.18. The molecule has 34 valence electrons. The molecule has 0 aromatic carbocycles. The highest BCUT2D eigenvalue weighted by atomic mass is 35.5. The van der Waals surface area contributed by atoms with E-state index in [9.17, 15) is 4.79 Å². The Morgan fingerprint density at radius 1 is 2.33 bits per heavy atom. The van der Waals surface area contributed by atoms with Crippen molar-refractivity contribution in [1.82, 2.24) is 0 Å². The Labute approximate surface area is 44.3 Å². The van der Waals surface area contributed by atoms with Gasteiger partial charge < -0.3 is 5.11 Å². The normalized spacial score (nSPS) is 13.2. The van der Waals surface area contributed by atoms with Crippen LogP contribution in [0.25, 0.3) is 1.43 Å². The molecule has 0 rings (SSSR count). The third-order valence-electron chi connectivity index (χ3n) is 0.179. The lowest BCUT2D eigenvalue weighted by atomic mass is 10.7. The molecule has 6 heavy (non-hydrogen) atoms. The van der Waals surface area contributed by atoms with Crippen molar-refractivity contribution in [3.8, 4) is 0 Å². The van der Waals surface area contributed by atoms with Crippen LogP contribution < -0.4 is 0 Å². The van der Waals surface area contributed by atoms with Crippen molar-refractivity contribution in [2.75, 3.05) is 0 Å². The van der Waals surface area contributed by atoms with Crippen LogP contribution in [-0.4, -0.2) is 11.1 Å². The second-order valence-corrected chi connectivity index (χ2v) is 0.979. The van der Waals surface area contributed by atoms with Crippen molar-refractivity contribution in [3.05, 3.63) is 11.6 Å². The van der Waals surface area contributed by atoms with Crippen molar-refractivity contribution in [2.45, 2.75) is 0 Å². The van der Waals surface area contributed by atoms with Gasteiger partial charge in [0.2, 0.25) is 0 Å². The Balaban J connectivity index is 4.21. The summed E-state index contributed by atoms with van der Waals surface area (Å²) in [5.74, 6) is -1.18. The zero-order valence-corrected chi connectivity index (χ0v) is 3.45. The van der Waals surface area contributed by atoms with Crippen molar-refractivity contribution < 1.29 is 12.6 Å². The highest BCUT2D eigenvalue weighted by molar-refractivity contribution is 6.40. The summed E-state index contributed by atoms with van der Waals surface area (Å²) in [7, 11) is 0. The van der Waals surface area contributed by atoms with Crippen molar-refractivity contribution >= 4 is 17.6 Å². The van der Waals surface area contributed by atoms with Gasteiger partial charge in [-0.1, -0.05) is 18.1 Å². The van der Waals surface area contributed by atoms with Gasteiger partial charge in [-0.2, -0.15) is 0 Å². The van der Waals surface area contributed by atoms with Crippen LogP contribution in [-0.2, 0) is 4.79 Å². The molecule has 1 N–H and O–H groups in total. The maximum Gasteiger partial charge on any atom is 0.346 e. The minimum Gasteiger partial charge on any atom is -0.477 e. The van der Waals surface area contributed by atoms with Crippen molar-refractivity contribution in [3.63, 3.8) is 0 Å². The molecule has 0 aromatic rings. The van der Waals surface area contributed by atoms with E-state index in [0.717, 1.165) is 0 Å². The lowest BCUT2D eigenvalue weighted by molar-refractivity contribution is -0.131. The minimum absolute atomic E-state index is 0.690. The fourth-order valence-electron chi connectivity index (χ4n) is 0.